The second-order valence-corrected chi connectivity index (χ2v) is 6.29. The van der Waals surface area contributed by atoms with Crippen LogP contribution in [0.5, 0.6) is 0 Å². The number of aryl methyl sites for hydroxylation is 1. The maximum atomic E-state index is 5.92. The first kappa shape index (κ1) is 15.2. The molecule has 0 atom stereocenters. The van der Waals surface area contributed by atoms with Crippen LogP contribution in [0.3, 0.4) is 0 Å². The number of rotatable bonds is 3. The van der Waals surface area contributed by atoms with Crippen LogP contribution < -0.4 is 10.4 Å². The fourth-order valence-electron chi connectivity index (χ4n) is 3.16. The normalized spacial score (nSPS) is 16.0. The number of hydrogen-bond donors (Lipinski definition) is 0. The minimum absolute atomic E-state index is 0.338. The lowest BCUT2D eigenvalue weighted by Gasteiger charge is -2.30. The number of nitrogens with zero attached hydrogens (tertiary/aromatic N) is 4. The molecule has 0 unspecified atom stereocenters. The lowest BCUT2D eigenvalue weighted by Crippen LogP contribution is -2.34. The second-order valence-electron chi connectivity index (χ2n) is 6.29. The Kier molecular flexibility index (Phi) is 3.96. The molecule has 0 bridgehead atoms. The van der Waals surface area contributed by atoms with Gasteiger partial charge < -0.3 is 9.32 Å². The number of oxazole rings is 1. The van der Waals surface area contributed by atoms with Gasteiger partial charge in [0, 0.05) is 31.4 Å². The Morgan fingerprint density at radius 1 is 1.21 bits per heavy atom. The van der Waals surface area contributed by atoms with Crippen LogP contribution in [0.1, 0.15) is 37.1 Å². The van der Waals surface area contributed by atoms with E-state index in [1.165, 1.54) is 5.56 Å². The fourth-order valence-corrected chi connectivity index (χ4v) is 3.16. The summed E-state index contributed by atoms with van der Waals surface area (Å²) in [6.45, 7) is 3.94. The molecule has 0 saturated carbocycles. The van der Waals surface area contributed by atoms with E-state index in [2.05, 4.69) is 26.8 Å². The van der Waals surface area contributed by atoms with Gasteiger partial charge in [-0.3, -0.25) is 0 Å². The van der Waals surface area contributed by atoms with Gasteiger partial charge in [0.15, 0.2) is 11.5 Å². The first-order chi connectivity index (χ1) is 11.7. The standard InChI is InChI=1S/C18H19BN4O/c1-2-12-10-20-18(21-11-12)23-7-5-13(6-8-23)17-22-15-9-14(19)3-4-16(15)24-17/h3-4,9-11,13H,2,5-8H2,1H3. The van der Waals surface area contributed by atoms with E-state index in [4.69, 9.17) is 12.3 Å². The van der Waals surface area contributed by atoms with Crippen molar-refractivity contribution in [3.05, 3.63) is 42.0 Å². The highest BCUT2D eigenvalue weighted by Gasteiger charge is 2.25. The minimum atomic E-state index is 0.338. The molecule has 0 aliphatic carbocycles. The lowest BCUT2D eigenvalue weighted by molar-refractivity contribution is 0.405. The summed E-state index contributed by atoms with van der Waals surface area (Å²) in [5, 5.41) is 0. The van der Waals surface area contributed by atoms with Crippen molar-refractivity contribution in [1.29, 1.82) is 0 Å². The van der Waals surface area contributed by atoms with Gasteiger partial charge in [-0.25, -0.2) is 15.0 Å². The van der Waals surface area contributed by atoms with Crippen LogP contribution in [-0.2, 0) is 6.42 Å². The minimum Gasteiger partial charge on any atom is -0.440 e. The molecule has 1 aromatic carbocycles. The van der Waals surface area contributed by atoms with E-state index in [0.29, 0.717) is 11.4 Å². The summed E-state index contributed by atoms with van der Waals surface area (Å²) in [5.41, 5.74) is 3.52. The molecule has 4 rings (SSSR count). The summed E-state index contributed by atoms with van der Waals surface area (Å²) in [6.07, 6.45) is 6.77. The van der Waals surface area contributed by atoms with Gasteiger partial charge >= 0.3 is 0 Å². The third-order valence-electron chi connectivity index (χ3n) is 4.66. The topological polar surface area (TPSA) is 55.1 Å². The zero-order chi connectivity index (χ0) is 16.5. The van der Waals surface area contributed by atoms with E-state index in [1.807, 2.05) is 30.6 Å². The van der Waals surface area contributed by atoms with E-state index in [0.717, 1.165) is 55.3 Å². The van der Waals surface area contributed by atoms with Crippen molar-refractivity contribution in [2.45, 2.75) is 32.1 Å². The van der Waals surface area contributed by atoms with Crippen LogP contribution in [0, 0.1) is 0 Å². The van der Waals surface area contributed by atoms with Crippen molar-refractivity contribution in [2.75, 3.05) is 18.0 Å². The molecule has 6 heteroatoms. The first-order valence-electron chi connectivity index (χ1n) is 8.45. The first-order valence-corrected chi connectivity index (χ1v) is 8.45. The Balaban J connectivity index is 1.46. The van der Waals surface area contributed by atoms with Gasteiger partial charge in [0.1, 0.15) is 13.4 Å². The molecule has 2 radical (unpaired) electrons. The van der Waals surface area contributed by atoms with Crippen LogP contribution in [-0.4, -0.2) is 35.9 Å². The molecule has 1 aliphatic heterocycles. The van der Waals surface area contributed by atoms with Crippen LogP contribution in [0.15, 0.2) is 35.0 Å². The van der Waals surface area contributed by atoms with Crippen molar-refractivity contribution in [3.8, 4) is 0 Å². The highest BCUT2D eigenvalue weighted by Crippen LogP contribution is 2.30. The summed E-state index contributed by atoms with van der Waals surface area (Å²) in [7, 11) is 5.81. The molecular formula is C18H19BN4O. The lowest BCUT2D eigenvalue weighted by atomic mass is 9.96. The molecule has 3 heterocycles. The summed E-state index contributed by atoms with van der Waals surface area (Å²) in [5.74, 6) is 1.97. The Bertz CT molecular complexity index is 838. The third kappa shape index (κ3) is 2.88. The molecule has 1 aliphatic rings. The van der Waals surface area contributed by atoms with Gasteiger partial charge in [0.05, 0.1) is 0 Å². The molecule has 3 aromatic rings. The van der Waals surface area contributed by atoms with Crippen LogP contribution in [0.2, 0.25) is 0 Å². The van der Waals surface area contributed by atoms with Gasteiger partial charge in [-0.15, -0.1) is 0 Å². The van der Waals surface area contributed by atoms with Gasteiger partial charge in [-0.2, -0.15) is 0 Å². The summed E-state index contributed by atoms with van der Waals surface area (Å²) in [6, 6.07) is 5.59. The van der Waals surface area contributed by atoms with Crippen molar-refractivity contribution >= 4 is 30.4 Å². The molecule has 0 N–H and O–H groups in total. The van der Waals surface area contributed by atoms with Gasteiger partial charge in [-0.1, -0.05) is 18.5 Å². The number of hydrogen-bond acceptors (Lipinski definition) is 5. The van der Waals surface area contributed by atoms with E-state index < -0.39 is 0 Å². The third-order valence-corrected chi connectivity index (χ3v) is 4.66. The highest BCUT2D eigenvalue weighted by atomic mass is 16.3. The smallest absolute Gasteiger partial charge is 0.225 e. The molecule has 24 heavy (non-hydrogen) atoms. The summed E-state index contributed by atoms with van der Waals surface area (Å²) < 4.78 is 5.92. The zero-order valence-corrected chi connectivity index (χ0v) is 13.8. The number of aromatic nitrogens is 3. The molecule has 2 aromatic heterocycles. The average Bonchev–Trinajstić information content (AvgIpc) is 3.05. The quantitative estimate of drug-likeness (QED) is 0.694. The van der Waals surface area contributed by atoms with Crippen LogP contribution >= 0.6 is 0 Å². The SMILES string of the molecule is [B]c1ccc2oc(C3CCN(c4ncc(CC)cn4)CC3)nc2c1. The van der Waals surface area contributed by atoms with E-state index >= 15 is 0 Å². The van der Waals surface area contributed by atoms with Crippen molar-refractivity contribution in [1.82, 2.24) is 15.0 Å². The number of anilines is 1. The van der Waals surface area contributed by atoms with E-state index in [1.54, 1.807) is 0 Å². The summed E-state index contributed by atoms with van der Waals surface area (Å²) >= 11 is 0. The van der Waals surface area contributed by atoms with Gasteiger partial charge in [0.25, 0.3) is 0 Å². The Labute approximate surface area is 142 Å². The zero-order valence-electron chi connectivity index (χ0n) is 13.8. The largest absolute Gasteiger partial charge is 0.440 e. The maximum absolute atomic E-state index is 5.92. The Morgan fingerprint density at radius 2 is 1.96 bits per heavy atom. The van der Waals surface area contributed by atoms with Crippen LogP contribution in [0.4, 0.5) is 5.95 Å². The van der Waals surface area contributed by atoms with Crippen molar-refractivity contribution in [2.24, 2.45) is 0 Å². The second kappa shape index (κ2) is 6.26. The Morgan fingerprint density at radius 3 is 2.67 bits per heavy atom. The van der Waals surface area contributed by atoms with Gasteiger partial charge in [0.2, 0.25) is 5.95 Å². The Hall–Kier alpha value is -2.37. The predicted octanol–water partition coefficient (Wildman–Crippen LogP) is 2.36. The number of piperidine rings is 1. The fraction of sp³-hybridized carbons (Fsp3) is 0.389. The molecule has 5 nitrogen and oxygen atoms in total. The predicted molar refractivity (Wildman–Crippen MR) is 95.0 cm³/mol. The van der Waals surface area contributed by atoms with E-state index in [-0.39, 0.29) is 0 Å². The highest BCUT2D eigenvalue weighted by molar-refractivity contribution is 6.33. The molecule has 120 valence electrons. The number of fused-ring (bicyclic) bond motifs is 1. The molecule has 0 spiro atoms. The molecular weight excluding hydrogens is 299 g/mol. The summed E-state index contributed by atoms with van der Waals surface area (Å²) in [4.78, 5) is 15.8. The monoisotopic (exact) mass is 318 g/mol. The molecule has 0 amide bonds. The van der Waals surface area contributed by atoms with Crippen molar-refractivity contribution < 1.29 is 4.42 Å². The van der Waals surface area contributed by atoms with E-state index in [9.17, 15) is 0 Å². The average molecular weight is 318 g/mol. The maximum Gasteiger partial charge on any atom is 0.225 e. The molecule has 1 saturated heterocycles. The van der Waals surface area contributed by atoms with Gasteiger partial charge in [-0.05, 0) is 37.0 Å². The number of benzene rings is 1. The molecule has 1 fully saturated rings. The van der Waals surface area contributed by atoms with Crippen molar-refractivity contribution in [3.63, 3.8) is 0 Å². The van der Waals surface area contributed by atoms with Crippen LogP contribution in [0.25, 0.3) is 11.1 Å².